The minimum absolute atomic E-state index is 0.0237. The normalized spacial score (nSPS) is 10.2. The van der Waals surface area contributed by atoms with Crippen molar-refractivity contribution in [1.29, 1.82) is 0 Å². The molecule has 0 amide bonds. The largest absolute Gasteiger partial charge is 0.464 e. The van der Waals surface area contributed by atoms with Crippen molar-refractivity contribution in [2.75, 3.05) is 6.61 Å². The third-order valence-electron chi connectivity index (χ3n) is 2.42. The van der Waals surface area contributed by atoms with E-state index in [4.69, 9.17) is 21.1 Å². The van der Waals surface area contributed by atoms with Gasteiger partial charge in [-0.2, -0.15) is 9.97 Å². The average Bonchev–Trinajstić information content (AvgIpc) is 2.40. The number of nitrogens with zero attached hydrogens (tertiary/aromatic N) is 4. The van der Waals surface area contributed by atoms with Crippen LogP contribution in [0.5, 0.6) is 17.8 Å². The number of hydrogen-bond acceptors (Lipinski definition) is 7. The smallest absolute Gasteiger partial charge is 0.329 e. The van der Waals surface area contributed by atoms with Crippen LogP contribution in [0.3, 0.4) is 0 Å². The van der Waals surface area contributed by atoms with Gasteiger partial charge in [-0.15, -0.1) is 4.98 Å². The average molecular weight is 311 g/mol. The Balaban J connectivity index is 2.33. The van der Waals surface area contributed by atoms with E-state index in [1.165, 1.54) is 12.1 Å². The Labute approximate surface area is 124 Å². The zero-order valence-electron chi connectivity index (χ0n) is 11.2. The van der Waals surface area contributed by atoms with Gasteiger partial charge >= 0.3 is 12.0 Å². The SMILES string of the molecule is CCOc1nc(Cl)nc(Oc2cc([N+](=O)[O-])ccc2C)n1. The molecule has 0 aliphatic heterocycles. The molecule has 2 rings (SSSR count). The molecule has 0 saturated heterocycles. The second-order valence-corrected chi connectivity index (χ2v) is 4.25. The van der Waals surface area contributed by atoms with E-state index in [2.05, 4.69) is 15.0 Å². The lowest BCUT2D eigenvalue weighted by Gasteiger charge is -2.08. The lowest BCUT2D eigenvalue weighted by atomic mass is 10.2. The van der Waals surface area contributed by atoms with Gasteiger partial charge in [-0.1, -0.05) is 0 Å². The fraction of sp³-hybridized carbons (Fsp3) is 0.250. The summed E-state index contributed by atoms with van der Waals surface area (Å²) < 4.78 is 10.6. The Morgan fingerprint density at radius 1 is 1.29 bits per heavy atom. The number of non-ortho nitro benzene ring substituents is 1. The molecule has 1 heterocycles. The third kappa shape index (κ3) is 3.76. The minimum atomic E-state index is -0.516. The number of aromatic nitrogens is 3. The first-order valence-corrected chi connectivity index (χ1v) is 6.34. The van der Waals surface area contributed by atoms with Crippen LogP contribution < -0.4 is 9.47 Å². The molecule has 0 bridgehead atoms. The lowest BCUT2D eigenvalue weighted by molar-refractivity contribution is -0.384. The van der Waals surface area contributed by atoms with Crippen molar-refractivity contribution >= 4 is 17.3 Å². The van der Waals surface area contributed by atoms with E-state index < -0.39 is 4.92 Å². The Kier molecular flexibility index (Phi) is 4.49. The fourth-order valence-electron chi connectivity index (χ4n) is 1.46. The lowest BCUT2D eigenvalue weighted by Crippen LogP contribution is -2.02. The van der Waals surface area contributed by atoms with E-state index in [9.17, 15) is 10.1 Å². The predicted molar refractivity (Wildman–Crippen MR) is 73.9 cm³/mol. The number of aryl methyl sites for hydroxylation is 1. The number of nitro benzene ring substituents is 1. The van der Waals surface area contributed by atoms with Crippen molar-refractivity contribution in [1.82, 2.24) is 15.0 Å². The molecule has 0 atom stereocenters. The van der Waals surface area contributed by atoms with Gasteiger partial charge in [0.05, 0.1) is 17.6 Å². The van der Waals surface area contributed by atoms with E-state index in [0.29, 0.717) is 12.2 Å². The van der Waals surface area contributed by atoms with Gasteiger partial charge in [0.2, 0.25) is 5.28 Å². The zero-order valence-corrected chi connectivity index (χ0v) is 12.0. The van der Waals surface area contributed by atoms with Crippen molar-refractivity contribution in [3.05, 3.63) is 39.2 Å². The topological polar surface area (TPSA) is 100 Å². The second-order valence-electron chi connectivity index (χ2n) is 3.91. The highest BCUT2D eigenvalue weighted by Crippen LogP contribution is 2.28. The number of halogens is 1. The molecule has 0 N–H and O–H groups in total. The number of benzene rings is 1. The summed E-state index contributed by atoms with van der Waals surface area (Å²) in [5, 5.41) is 10.7. The van der Waals surface area contributed by atoms with E-state index in [1.807, 2.05) is 0 Å². The standard InChI is InChI=1S/C12H11ClN4O4/c1-3-20-11-14-10(13)15-12(16-11)21-9-6-8(17(18)19)5-4-7(9)2/h4-6H,3H2,1-2H3. The summed E-state index contributed by atoms with van der Waals surface area (Å²) in [6.45, 7) is 3.86. The summed E-state index contributed by atoms with van der Waals surface area (Å²) >= 11 is 5.74. The number of nitro groups is 1. The number of hydrogen-bond donors (Lipinski definition) is 0. The highest BCUT2D eigenvalue weighted by atomic mass is 35.5. The van der Waals surface area contributed by atoms with E-state index >= 15 is 0 Å². The van der Waals surface area contributed by atoms with Gasteiger partial charge < -0.3 is 9.47 Å². The summed E-state index contributed by atoms with van der Waals surface area (Å²) in [5.74, 6) is 0.258. The molecule has 0 spiro atoms. The van der Waals surface area contributed by atoms with Crippen molar-refractivity contribution in [3.63, 3.8) is 0 Å². The number of ether oxygens (including phenoxy) is 2. The zero-order chi connectivity index (χ0) is 15.4. The molecule has 0 fully saturated rings. The van der Waals surface area contributed by atoms with E-state index in [1.54, 1.807) is 19.9 Å². The first-order valence-electron chi connectivity index (χ1n) is 5.97. The van der Waals surface area contributed by atoms with Crippen molar-refractivity contribution < 1.29 is 14.4 Å². The van der Waals surface area contributed by atoms with Gasteiger partial charge in [0.1, 0.15) is 5.75 Å². The molecular formula is C12H11ClN4O4. The molecule has 0 saturated carbocycles. The molecule has 0 aliphatic rings. The van der Waals surface area contributed by atoms with Crippen LogP contribution in [0.15, 0.2) is 18.2 Å². The maximum absolute atomic E-state index is 10.8. The molecule has 1 aromatic heterocycles. The summed E-state index contributed by atoms with van der Waals surface area (Å²) in [4.78, 5) is 21.7. The first kappa shape index (κ1) is 14.9. The van der Waals surface area contributed by atoms with Gasteiger partial charge in [-0.3, -0.25) is 10.1 Å². The molecule has 110 valence electrons. The molecule has 0 radical (unpaired) electrons. The van der Waals surface area contributed by atoms with E-state index in [0.717, 1.165) is 0 Å². The molecule has 0 aliphatic carbocycles. The summed E-state index contributed by atoms with van der Waals surface area (Å²) in [6, 6.07) is 4.17. The monoisotopic (exact) mass is 310 g/mol. The Morgan fingerprint density at radius 3 is 2.67 bits per heavy atom. The van der Waals surface area contributed by atoms with Crippen molar-refractivity contribution in [2.45, 2.75) is 13.8 Å². The quantitative estimate of drug-likeness (QED) is 0.618. The van der Waals surface area contributed by atoms with Crippen LogP contribution in [-0.4, -0.2) is 26.5 Å². The summed E-state index contributed by atoms with van der Waals surface area (Å²) in [7, 11) is 0. The Hall–Kier alpha value is -2.48. The first-order chi connectivity index (χ1) is 9.99. The molecule has 0 unspecified atom stereocenters. The predicted octanol–water partition coefficient (Wildman–Crippen LogP) is 2.93. The van der Waals surface area contributed by atoms with Gasteiger partial charge in [0.25, 0.3) is 5.69 Å². The Morgan fingerprint density at radius 2 is 2.00 bits per heavy atom. The molecule has 2 aromatic rings. The maximum atomic E-state index is 10.8. The third-order valence-corrected chi connectivity index (χ3v) is 2.59. The highest BCUT2D eigenvalue weighted by Gasteiger charge is 2.13. The minimum Gasteiger partial charge on any atom is -0.464 e. The molecule has 1 aromatic carbocycles. The van der Waals surface area contributed by atoms with Crippen LogP contribution in [-0.2, 0) is 0 Å². The molecule has 8 nitrogen and oxygen atoms in total. The van der Waals surface area contributed by atoms with Gasteiger partial charge in [0, 0.05) is 6.07 Å². The van der Waals surface area contributed by atoms with Crippen molar-refractivity contribution in [3.8, 4) is 17.8 Å². The molecule has 9 heteroatoms. The van der Waals surface area contributed by atoms with Crippen LogP contribution >= 0.6 is 11.6 Å². The van der Waals surface area contributed by atoms with Crippen LogP contribution in [0.2, 0.25) is 5.28 Å². The molecular weight excluding hydrogens is 300 g/mol. The van der Waals surface area contributed by atoms with Gasteiger partial charge in [-0.25, -0.2) is 0 Å². The van der Waals surface area contributed by atoms with Gasteiger partial charge in [-0.05, 0) is 37.1 Å². The van der Waals surface area contributed by atoms with Crippen molar-refractivity contribution in [2.24, 2.45) is 0 Å². The van der Waals surface area contributed by atoms with Gasteiger partial charge in [0.15, 0.2) is 0 Å². The Bertz CT molecular complexity index is 680. The van der Waals surface area contributed by atoms with Crippen LogP contribution in [0.4, 0.5) is 5.69 Å². The summed E-state index contributed by atoms with van der Waals surface area (Å²) in [6.07, 6.45) is 0. The van der Waals surface area contributed by atoms with Crippen LogP contribution in [0, 0.1) is 17.0 Å². The molecule has 21 heavy (non-hydrogen) atoms. The highest BCUT2D eigenvalue weighted by molar-refractivity contribution is 6.28. The van der Waals surface area contributed by atoms with Crippen LogP contribution in [0.25, 0.3) is 0 Å². The number of rotatable bonds is 5. The van der Waals surface area contributed by atoms with E-state index in [-0.39, 0.29) is 28.7 Å². The maximum Gasteiger partial charge on any atom is 0.329 e. The summed E-state index contributed by atoms with van der Waals surface area (Å²) in [5.41, 5.74) is 0.593. The fourth-order valence-corrected chi connectivity index (χ4v) is 1.61. The van der Waals surface area contributed by atoms with Crippen LogP contribution in [0.1, 0.15) is 12.5 Å². The second kappa shape index (κ2) is 6.31.